The van der Waals surface area contributed by atoms with E-state index < -0.39 is 10.0 Å². The molecule has 0 radical (unpaired) electrons. The van der Waals surface area contributed by atoms with E-state index in [0.717, 1.165) is 10.7 Å². The van der Waals surface area contributed by atoms with Gasteiger partial charge in [0.15, 0.2) is 0 Å². The van der Waals surface area contributed by atoms with E-state index in [-0.39, 0.29) is 11.8 Å². The van der Waals surface area contributed by atoms with Crippen molar-refractivity contribution in [1.82, 2.24) is 14.6 Å². The molecule has 104 valence electrons. The van der Waals surface area contributed by atoms with E-state index in [1.165, 1.54) is 9.18 Å². The molecule has 0 bridgehead atoms. The Morgan fingerprint density at radius 3 is 2.44 bits per heavy atom. The smallest absolute Gasteiger partial charge is 0.214 e. The Bertz CT molecular complexity index is 494. The van der Waals surface area contributed by atoms with E-state index in [0.29, 0.717) is 6.54 Å². The highest BCUT2D eigenvalue weighted by Gasteiger charge is 2.16. The van der Waals surface area contributed by atoms with Crippen molar-refractivity contribution in [2.24, 2.45) is 0 Å². The molecule has 0 aromatic carbocycles. The standard InChI is InChI=1S/C11H21N3O2S2/c1-8(11-9(2)13-10(3)17-11)12-6-7-18(15,16)14(4)5/h8,12H,6-7H2,1-5H3. The maximum Gasteiger partial charge on any atom is 0.214 e. The third-order valence-corrected chi connectivity index (χ3v) is 5.79. The molecular weight excluding hydrogens is 270 g/mol. The van der Waals surface area contributed by atoms with Crippen molar-refractivity contribution in [3.63, 3.8) is 0 Å². The first-order valence-corrected chi connectivity index (χ1v) is 8.24. The van der Waals surface area contributed by atoms with Crippen LogP contribution in [0, 0.1) is 13.8 Å². The number of aryl methyl sites for hydroxylation is 2. The van der Waals surface area contributed by atoms with Crippen molar-refractivity contribution < 1.29 is 8.42 Å². The molecule has 1 aromatic heterocycles. The van der Waals surface area contributed by atoms with Crippen LogP contribution in [0.2, 0.25) is 0 Å². The number of sulfonamides is 1. The van der Waals surface area contributed by atoms with Gasteiger partial charge in [0.25, 0.3) is 0 Å². The van der Waals surface area contributed by atoms with Crippen LogP contribution in [-0.2, 0) is 10.0 Å². The van der Waals surface area contributed by atoms with Gasteiger partial charge < -0.3 is 5.32 Å². The Labute approximate surface area is 113 Å². The van der Waals surface area contributed by atoms with Gasteiger partial charge in [0.05, 0.1) is 16.5 Å². The second kappa shape index (κ2) is 6.10. The van der Waals surface area contributed by atoms with Gasteiger partial charge in [-0.1, -0.05) is 0 Å². The van der Waals surface area contributed by atoms with Gasteiger partial charge in [-0.15, -0.1) is 11.3 Å². The van der Waals surface area contributed by atoms with Gasteiger partial charge in [-0.05, 0) is 20.8 Å². The zero-order valence-corrected chi connectivity index (χ0v) is 13.2. The Balaban J connectivity index is 2.53. The van der Waals surface area contributed by atoms with Gasteiger partial charge >= 0.3 is 0 Å². The highest BCUT2D eigenvalue weighted by atomic mass is 32.2. The SMILES string of the molecule is Cc1nc(C)c(C(C)NCCS(=O)(=O)N(C)C)s1. The van der Waals surface area contributed by atoms with Crippen LogP contribution in [0.25, 0.3) is 0 Å². The lowest BCUT2D eigenvalue weighted by atomic mass is 10.2. The molecule has 7 heteroatoms. The highest BCUT2D eigenvalue weighted by molar-refractivity contribution is 7.89. The van der Waals surface area contributed by atoms with Gasteiger partial charge in [-0.25, -0.2) is 17.7 Å². The molecular formula is C11H21N3O2S2. The Kier molecular flexibility index (Phi) is 5.27. The van der Waals surface area contributed by atoms with E-state index in [2.05, 4.69) is 10.3 Å². The number of aromatic nitrogens is 1. The fourth-order valence-corrected chi connectivity index (χ4v) is 3.32. The van der Waals surface area contributed by atoms with Gasteiger partial charge in [0.2, 0.25) is 10.0 Å². The Morgan fingerprint density at radius 2 is 2.00 bits per heavy atom. The number of hydrogen-bond donors (Lipinski definition) is 1. The summed E-state index contributed by atoms with van der Waals surface area (Å²) in [6.45, 7) is 6.43. The second-order valence-corrected chi connectivity index (χ2v) is 7.99. The molecule has 1 N–H and O–H groups in total. The minimum Gasteiger partial charge on any atom is -0.308 e. The average molecular weight is 291 g/mol. The fraction of sp³-hybridized carbons (Fsp3) is 0.727. The summed E-state index contributed by atoms with van der Waals surface area (Å²) in [5, 5.41) is 4.27. The zero-order valence-electron chi connectivity index (χ0n) is 11.5. The zero-order chi connectivity index (χ0) is 13.9. The third kappa shape index (κ3) is 4.01. The van der Waals surface area contributed by atoms with Crippen molar-refractivity contribution >= 4 is 21.4 Å². The van der Waals surface area contributed by atoms with Crippen LogP contribution in [0.15, 0.2) is 0 Å². The highest BCUT2D eigenvalue weighted by Crippen LogP contribution is 2.24. The molecule has 0 spiro atoms. The van der Waals surface area contributed by atoms with Crippen LogP contribution < -0.4 is 5.32 Å². The first-order valence-electron chi connectivity index (χ1n) is 5.81. The monoisotopic (exact) mass is 291 g/mol. The minimum absolute atomic E-state index is 0.112. The van der Waals surface area contributed by atoms with Gasteiger partial charge in [-0.2, -0.15) is 0 Å². The quantitative estimate of drug-likeness (QED) is 0.858. The maximum atomic E-state index is 11.6. The van der Waals surface area contributed by atoms with Crippen LogP contribution in [0.1, 0.15) is 28.5 Å². The summed E-state index contributed by atoms with van der Waals surface area (Å²) in [6.07, 6.45) is 0. The summed E-state index contributed by atoms with van der Waals surface area (Å²) in [5.74, 6) is 0.112. The number of nitrogens with one attached hydrogen (secondary N) is 1. The van der Waals surface area contributed by atoms with Crippen LogP contribution in [0.4, 0.5) is 0 Å². The van der Waals surface area contributed by atoms with Gasteiger partial charge in [0.1, 0.15) is 0 Å². The molecule has 0 aliphatic carbocycles. The molecule has 18 heavy (non-hydrogen) atoms. The summed E-state index contributed by atoms with van der Waals surface area (Å²) in [4.78, 5) is 5.54. The molecule has 0 saturated carbocycles. The number of nitrogens with zero attached hydrogens (tertiary/aromatic N) is 2. The van der Waals surface area contributed by atoms with E-state index in [1.807, 2.05) is 20.8 Å². The van der Waals surface area contributed by atoms with Gasteiger partial charge in [-0.3, -0.25) is 0 Å². The van der Waals surface area contributed by atoms with E-state index in [4.69, 9.17) is 0 Å². The Morgan fingerprint density at radius 1 is 1.39 bits per heavy atom. The molecule has 0 amide bonds. The summed E-state index contributed by atoms with van der Waals surface area (Å²) in [5.41, 5.74) is 1.02. The second-order valence-electron chi connectivity index (χ2n) is 4.46. The molecule has 5 nitrogen and oxygen atoms in total. The third-order valence-electron chi connectivity index (χ3n) is 2.70. The first-order chi connectivity index (χ1) is 8.24. The fourth-order valence-electron chi connectivity index (χ4n) is 1.63. The van der Waals surface area contributed by atoms with Crippen molar-refractivity contribution in [2.45, 2.75) is 26.8 Å². The lowest BCUT2D eigenvalue weighted by Gasteiger charge is -2.15. The van der Waals surface area contributed by atoms with E-state index >= 15 is 0 Å². The van der Waals surface area contributed by atoms with Crippen LogP contribution in [-0.4, -0.2) is 44.1 Å². The summed E-state index contributed by atoms with van der Waals surface area (Å²) < 4.78 is 24.4. The average Bonchev–Trinajstić information content (AvgIpc) is 2.57. The van der Waals surface area contributed by atoms with Crippen molar-refractivity contribution in [3.8, 4) is 0 Å². The van der Waals surface area contributed by atoms with E-state index in [9.17, 15) is 8.42 Å². The molecule has 1 heterocycles. The minimum atomic E-state index is -3.12. The van der Waals surface area contributed by atoms with Crippen LogP contribution in [0.5, 0.6) is 0 Å². The molecule has 0 aliphatic rings. The molecule has 0 fully saturated rings. The normalized spacial score (nSPS) is 14.1. The Hall–Kier alpha value is -0.500. The van der Waals surface area contributed by atoms with Gasteiger partial charge in [0, 0.05) is 31.6 Å². The lowest BCUT2D eigenvalue weighted by molar-refractivity contribution is 0.513. The number of rotatable bonds is 6. The molecule has 1 unspecified atom stereocenters. The van der Waals surface area contributed by atoms with Crippen LogP contribution >= 0.6 is 11.3 Å². The molecule has 0 saturated heterocycles. The van der Waals surface area contributed by atoms with Crippen molar-refractivity contribution in [1.29, 1.82) is 0 Å². The topological polar surface area (TPSA) is 62.3 Å². The lowest BCUT2D eigenvalue weighted by Crippen LogP contribution is -2.32. The molecule has 0 aliphatic heterocycles. The van der Waals surface area contributed by atoms with Crippen LogP contribution in [0.3, 0.4) is 0 Å². The largest absolute Gasteiger partial charge is 0.308 e. The predicted molar refractivity (Wildman–Crippen MR) is 75.5 cm³/mol. The van der Waals surface area contributed by atoms with Crippen molar-refractivity contribution in [2.75, 3.05) is 26.4 Å². The molecule has 1 atom stereocenters. The first kappa shape index (κ1) is 15.6. The predicted octanol–water partition coefficient (Wildman–Crippen LogP) is 1.30. The number of hydrogen-bond acceptors (Lipinski definition) is 5. The molecule has 1 aromatic rings. The van der Waals surface area contributed by atoms with E-state index in [1.54, 1.807) is 25.4 Å². The molecule has 1 rings (SSSR count). The summed E-state index contributed by atoms with van der Waals surface area (Å²) >= 11 is 1.65. The number of thiazole rings is 1. The summed E-state index contributed by atoms with van der Waals surface area (Å²) in [6, 6.07) is 0.133. The summed E-state index contributed by atoms with van der Waals surface area (Å²) in [7, 11) is -0.0203. The maximum absolute atomic E-state index is 11.6. The van der Waals surface area contributed by atoms with Crippen molar-refractivity contribution in [3.05, 3.63) is 15.6 Å².